The topological polar surface area (TPSA) is 131 Å². The predicted octanol–water partition coefficient (Wildman–Crippen LogP) is 4.33. The zero-order valence-corrected chi connectivity index (χ0v) is 26.0. The van der Waals surface area contributed by atoms with E-state index in [1.807, 2.05) is 30.3 Å². The summed E-state index contributed by atoms with van der Waals surface area (Å²) >= 11 is 16.9. The van der Waals surface area contributed by atoms with Gasteiger partial charge in [-0.05, 0) is 52.0 Å². The second-order valence-electron chi connectivity index (χ2n) is 11.1. The molecular formula is C28H38Cl3N3O7. The summed E-state index contributed by atoms with van der Waals surface area (Å²) in [5.41, 5.74) is 0.182. The second-order valence-corrected chi connectivity index (χ2v) is 13.6. The van der Waals surface area contributed by atoms with Crippen LogP contribution in [0.2, 0.25) is 0 Å². The third kappa shape index (κ3) is 13.3. The molecule has 10 nitrogen and oxygen atoms in total. The highest BCUT2D eigenvalue weighted by atomic mass is 35.6. The van der Waals surface area contributed by atoms with Crippen molar-refractivity contribution in [2.24, 2.45) is 11.8 Å². The van der Waals surface area contributed by atoms with Gasteiger partial charge >= 0.3 is 12.1 Å². The van der Waals surface area contributed by atoms with E-state index < -0.39 is 57.8 Å². The maximum Gasteiger partial charge on any atom is 0.408 e. The first-order valence-corrected chi connectivity index (χ1v) is 14.6. The summed E-state index contributed by atoms with van der Waals surface area (Å²) in [5.74, 6) is -3.61. The van der Waals surface area contributed by atoms with Crippen molar-refractivity contribution in [2.45, 2.75) is 75.2 Å². The number of likely N-dealkylation sites (tertiary alicyclic amines) is 1. The van der Waals surface area contributed by atoms with E-state index in [0.29, 0.717) is 25.8 Å². The Morgan fingerprint density at radius 1 is 1.07 bits per heavy atom. The van der Waals surface area contributed by atoms with Crippen molar-refractivity contribution < 1.29 is 33.4 Å². The van der Waals surface area contributed by atoms with Crippen molar-refractivity contribution in [3.63, 3.8) is 0 Å². The number of nitrogens with zero attached hydrogens (tertiary/aromatic N) is 1. The molecule has 4 amide bonds. The molecule has 0 aliphatic carbocycles. The van der Waals surface area contributed by atoms with Gasteiger partial charge in [-0.25, -0.2) is 4.79 Å². The van der Waals surface area contributed by atoms with E-state index in [2.05, 4.69) is 10.6 Å². The Labute approximate surface area is 255 Å². The van der Waals surface area contributed by atoms with Gasteiger partial charge in [-0.3, -0.25) is 24.5 Å². The Bertz CT molecular complexity index is 1070. The summed E-state index contributed by atoms with van der Waals surface area (Å²) in [6.45, 7) is 6.80. The summed E-state index contributed by atoms with van der Waals surface area (Å²) in [5, 5.41) is 4.84. The number of hydrogen-bond acceptors (Lipinski definition) is 7. The van der Waals surface area contributed by atoms with Crippen LogP contribution in [0.4, 0.5) is 4.79 Å². The van der Waals surface area contributed by atoms with E-state index in [1.54, 1.807) is 27.7 Å². The van der Waals surface area contributed by atoms with Gasteiger partial charge in [0.2, 0.25) is 21.5 Å². The van der Waals surface area contributed by atoms with Gasteiger partial charge in [0.25, 0.3) is 0 Å². The van der Waals surface area contributed by atoms with Gasteiger partial charge < -0.3 is 19.7 Å². The number of carbonyl (C=O) groups is 5. The van der Waals surface area contributed by atoms with E-state index in [-0.39, 0.29) is 25.3 Å². The number of alkyl carbamates (subject to hydrolysis) is 1. The molecule has 1 aromatic rings. The Kier molecular flexibility index (Phi) is 13.2. The molecule has 1 aliphatic rings. The standard InChI is InChI=1S/C28H38Cl3N3O7/c1-18(24(37)34-14-8-11-20(16-34)25(38)40-17-28(29,30)31)15-22(35)33-23(36)21(32-26(39)41-27(2,3)4)13-12-19-9-6-5-7-10-19/h5-7,9-10,18,20-21H,8,11-17H2,1-4H3,(H,32,39)(H,33,35,36)/t18-,20-,21+/m1/s1. The van der Waals surface area contributed by atoms with Gasteiger partial charge in [-0.15, -0.1) is 0 Å². The molecule has 1 aromatic carbocycles. The van der Waals surface area contributed by atoms with Gasteiger partial charge in [0, 0.05) is 25.4 Å². The molecule has 1 saturated heterocycles. The Hall–Kier alpha value is -2.56. The molecular weight excluding hydrogens is 597 g/mol. The van der Waals surface area contributed by atoms with E-state index >= 15 is 0 Å². The fourth-order valence-corrected chi connectivity index (χ4v) is 4.43. The van der Waals surface area contributed by atoms with Crippen molar-refractivity contribution in [3.05, 3.63) is 35.9 Å². The van der Waals surface area contributed by atoms with Crippen LogP contribution >= 0.6 is 34.8 Å². The molecule has 228 valence electrons. The second kappa shape index (κ2) is 15.6. The van der Waals surface area contributed by atoms with Crippen molar-refractivity contribution in [2.75, 3.05) is 19.7 Å². The number of nitrogens with one attached hydrogen (secondary N) is 2. The summed E-state index contributed by atoms with van der Waals surface area (Å²) in [7, 11) is 0. The minimum Gasteiger partial charge on any atom is -0.461 e. The number of amides is 4. The molecule has 1 fully saturated rings. The average molecular weight is 635 g/mol. The zero-order chi connectivity index (χ0) is 30.8. The third-order valence-corrected chi connectivity index (χ3v) is 6.52. The van der Waals surface area contributed by atoms with E-state index in [4.69, 9.17) is 44.3 Å². The number of halogens is 3. The van der Waals surface area contributed by atoms with Crippen LogP contribution in [-0.4, -0.2) is 69.8 Å². The summed E-state index contributed by atoms with van der Waals surface area (Å²) in [6, 6.07) is 8.35. The van der Waals surface area contributed by atoms with Crippen molar-refractivity contribution in [1.29, 1.82) is 0 Å². The molecule has 0 spiro atoms. The lowest BCUT2D eigenvalue weighted by atomic mass is 9.96. The van der Waals surface area contributed by atoms with Gasteiger partial charge in [0.05, 0.1) is 5.92 Å². The lowest BCUT2D eigenvalue weighted by molar-refractivity contribution is -0.152. The number of alkyl halides is 3. The van der Waals surface area contributed by atoms with Crippen LogP contribution in [0.3, 0.4) is 0 Å². The Balaban J connectivity index is 1.95. The molecule has 41 heavy (non-hydrogen) atoms. The molecule has 0 radical (unpaired) electrons. The smallest absolute Gasteiger partial charge is 0.408 e. The molecule has 3 atom stereocenters. The fourth-order valence-electron chi connectivity index (χ4n) is 4.27. The monoisotopic (exact) mass is 633 g/mol. The molecule has 0 saturated carbocycles. The summed E-state index contributed by atoms with van der Waals surface area (Å²) in [4.78, 5) is 65.0. The number of ether oxygens (including phenoxy) is 2. The van der Waals surface area contributed by atoms with Gasteiger partial charge in [0.1, 0.15) is 18.2 Å². The summed E-state index contributed by atoms with van der Waals surface area (Å²) in [6.07, 6.45) is 0.727. The number of aryl methyl sites for hydroxylation is 1. The molecule has 2 N–H and O–H groups in total. The van der Waals surface area contributed by atoms with Gasteiger partial charge in [-0.1, -0.05) is 72.1 Å². The van der Waals surface area contributed by atoms with Crippen LogP contribution in [-0.2, 0) is 35.1 Å². The maximum absolute atomic E-state index is 13.0. The summed E-state index contributed by atoms with van der Waals surface area (Å²) < 4.78 is 8.60. The van der Waals surface area contributed by atoms with E-state index in [1.165, 1.54) is 4.90 Å². The van der Waals surface area contributed by atoms with Crippen LogP contribution in [0.5, 0.6) is 0 Å². The predicted molar refractivity (Wildman–Crippen MR) is 155 cm³/mol. The molecule has 2 rings (SSSR count). The van der Waals surface area contributed by atoms with Crippen LogP contribution in [0, 0.1) is 11.8 Å². The van der Waals surface area contributed by atoms with Crippen LogP contribution in [0.15, 0.2) is 30.3 Å². The van der Waals surface area contributed by atoms with Crippen LogP contribution in [0.25, 0.3) is 0 Å². The first-order valence-electron chi connectivity index (χ1n) is 13.4. The van der Waals surface area contributed by atoms with Gasteiger partial charge in [-0.2, -0.15) is 0 Å². The number of piperidine rings is 1. The van der Waals surface area contributed by atoms with Crippen molar-refractivity contribution in [1.82, 2.24) is 15.5 Å². The molecule has 13 heteroatoms. The minimum absolute atomic E-state index is 0.115. The lowest BCUT2D eigenvalue weighted by Gasteiger charge is -2.33. The highest BCUT2D eigenvalue weighted by Gasteiger charge is 2.34. The van der Waals surface area contributed by atoms with Crippen LogP contribution in [0.1, 0.15) is 58.9 Å². The van der Waals surface area contributed by atoms with Crippen molar-refractivity contribution in [3.8, 4) is 0 Å². The highest BCUT2D eigenvalue weighted by molar-refractivity contribution is 6.67. The lowest BCUT2D eigenvalue weighted by Crippen LogP contribution is -2.50. The molecule has 0 unspecified atom stereocenters. The maximum atomic E-state index is 13.0. The SMILES string of the molecule is C[C@H](CC(=O)NC(=O)[C@H](CCc1ccccc1)NC(=O)OC(C)(C)C)C(=O)N1CCC[C@@H](C(=O)OCC(Cl)(Cl)Cl)C1. The fraction of sp³-hybridized carbons (Fsp3) is 0.607. The minimum atomic E-state index is -1.73. The number of carbonyl (C=O) groups excluding carboxylic acids is 5. The number of esters is 1. The van der Waals surface area contributed by atoms with E-state index in [9.17, 15) is 24.0 Å². The number of hydrogen-bond donors (Lipinski definition) is 2. The first kappa shape index (κ1) is 34.6. The van der Waals surface area contributed by atoms with Crippen molar-refractivity contribution >= 4 is 64.6 Å². The Morgan fingerprint density at radius 3 is 2.34 bits per heavy atom. The largest absolute Gasteiger partial charge is 0.461 e. The quantitative estimate of drug-likeness (QED) is 0.289. The average Bonchev–Trinajstić information content (AvgIpc) is 2.88. The highest BCUT2D eigenvalue weighted by Crippen LogP contribution is 2.27. The molecule has 1 heterocycles. The van der Waals surface area contributed by atoms with E-state index in [0.717, 1.165) is 5.56 Å². The molecule has 1 aliphatic heterocycles. The molecule has 0 aromatic heterocycles. The van der Waals surface area contributed by atoms with Crippen LogP contribution < -0.4 is 10.6 Å². The zero-order valence-electron chi connectivity index (χ0n) is 23.7. The number of imide groups is 1. The number of benzene rings is 1. The first-order chi connectivity index (χ1) is 19.0. The van der Waals surface area contributed by atoms with Gasteiger partial charge in [0.15, 0.2) is 0 Å². The molecule has 0 bridgehead atoms. The number of rotatable bonds is 10. The third-order valence-electron chi connectivity index (χ3n) is 6.19. The Morgan fingerprint density at radius 2 is 1.73 bits per heavy atom. The normalized spacial score (nSPS) is 17.1.